The van der Waals surface area contributed by atoms with Gasteiger partial charge in [-0.25, -0.2) is 0 Å². The van der Waals surface area contributed by atoms with Crippen molar-refractivity contribution in [2.45, 2.75) is 13.8 Å². The van der Waals surface area contributed by atoms with Crippen LogP contribution in [0.1, 0.15) is 11.1 Å². The summed E-state index contributed by atoms with van der Waals surface area (Å²) >= 11 is 0. The second-order valence-corrected chi connectivity index (χ2v) is 2.65. The van der Waals surface area contributed by atoms with Crippen LogP contribution in [0.4, 0.5) is 5.69 Å². The van der Waals surface area contributed by atoms with Crippen molar-refractivity contribution in [3.8, 4) is 0 Å². The maximum Gasteiger partial charge on any atom is 0.0566 e. The van der Waals surface area contributed by atoms with Gasteiger partial charge in [-0.05, 0) is 37.1 Å². The first-order valence-corrected chi connectivity index (χ1v) is 3.52. The first-order chi connectivity index (χ1) is 5.22. The normalized spacial score (nSPS) is 9.27. The molecular formula is C9H12N2. The Hall–Kier alpha value is -1.31. The van der Waals surface area contributed by atoms with E-state index in [0.29, 0.717) is 0 Å². The van der Waals surface area contributed by atoms with Gasteiger partial charge < -0.3 is 0 Å². The van der Waals surface area contributed by atoms with Gasteiger partial charge in [0, 0.05) is 6.72 Å². The smallest absolute Gasteiger partial charge is 0.0566 e. The number of anilines is 1. The van der Waals surface area contributed by atoms with E-state index < -0.39 is 0 Å². The minimum absolute atomic E-state index is 0.998. The van der Waals surface area contributed by atoms with Crippen LogP contribution in [-0.4, -0.2) is 6.72 Å². The summed E-state index contributed by atoms with van der Waals surface area (Å²) in [6, 6.07) is 6.18. The number of nitrogens with zero attached hydrogens (tertiary/aromatic N) is 1. The largest absolute Gasteiger partial charge is 0.279 e. The summed E-state index contributed by atoms with van der Waals surface area (Å²) in [7, 11) is 0. The molecule has 0 atom stereocenters. The Bertz CT molecular complexity index is 246. The highest BCUT2D eigenvalue weighted by Crippen LogP contribution is 2.12. The van der Waals surface area contributed by atoms with Gasteiger partial charge in [0.05, 0.1) is 5.69 Å². The molecule has 0 spiro atoms. The molecule has 1 N–H and O–H groups in total. The molecule has 0 saturated heterocycles. The predicted octanol–water partition coefficient (Wildman–Crippen LogP) is 2.33. The molecule has 0 aliphatic rings. The highest BCUT2D eigenvalue weighted by atomic mass is 15.3. The molecule has 2 heteroatoms. The Labute approximate surface area is 66.9 Å². The molecule has 2 nitrogen and oxygen atoms in total. The summed E-state index contributed by atoms with van der Waals surface area (Å²) < 4.78 is 0. The molecule has 1 aromatic rings. The van der Waals surface area contributed by atoms with Crippen LogP contribution >= 0.6 is 0 Å². The lowest BCUT2D eigenvalue weighted by molar-refractivity contribution is 1.31. The maximum absolute atomic E-state index is 3.59. The molecule has 0 heterocycles. The van der Waals surface area contributed by atoms with Gasteiger partial charge >= 0.3 is 0 Å². The number of rotatable bonds is 2. The molecule has 0 unspecified atom stereocenters. The summed E-state index contributed by atoms with van der Waals surface area (Å²) in [6.07, 6.45) is 0. The van der Waals surface area contributed by atoms with Crippen molar-refractivity contribution in [1.29, 1.82) is 0 Å². The summed E-state index contributed by atoms with van der Waals surface area (Å²) in [5.41, 5.74) is 6.27. The number of benzene rings is 1. The number of hydrogen-bond acceptors (Lipinski definition) is 2. The van der Waals surface area contributed by atoms with Gasteiger partial charge in [0.1, 0.15) is 0 Å². The van der Waals surface area contributed by atoms with Crippen molar-refractivity contribution in [3.05, 3.63) is 29.3 Å². The minimum atomic E-state index is 0.998. The van der Waals surface area contributed by atoms with Gasteiger partial charge in [-0.1, -0.05) is 6.07 Å². The van der Waals surface area contributed by atoms with E-state index in [-0.39, 0.29) is 0 Å². The van der Waals surface area contributed by atoms with E-state index in [9.17, 15) is 0 Å². The Morgan fingerprint density at radius 3 is 2.18 bits per heavy atom. The molecule has 0 aromatic heterocycles. The molecule has 0 aliphatic carbocycles. The lowest BCUT2D eigenvalue weighted by Gasteiger charge is -2.02. The van der Waals surface area contributed by atoms with Crippen LogP contribution in [0.25, 0.3) is 0 Å². The Balaban J connectivity index is 2.98. The Morgan fingerprint density at radius 1 is 1.18 bits per heavy atom. The number of hydrogen-bond donors (Lipinski definition) is 1. The first kappa shape index (κ1) is 7.79. The zero-order valence-corrected chi connectivity index (χ0v) is 6.89. The van der Waals surface area contributed by atoms with Crippen LogP contribution in [0.15, 0.2) is 23.3 Å². The fraction of sp³-hybridized carbons (Fsp3) is 0.222. The number of hydrazone groups is 1. The average Bonchev–Trinajstić information content (AvgIpc) is 1.85. The van der Waals surface area contributed by atoms with Crippen LogP contribution in [-0.2, 0) is 0 Å². The molecule has 0 amide bonds. The highest BCUT2D eigenvalue weighted by Gasteiger charge is 1.91. The summed E-state index contributed by atoms with van der Waals surface area (Å²) in [6.45, 7) is 7.47. The van der Waals surface area contributed by atoms with Crippen LogP contribution in [0.5, 0.6) is 0 Å². The van der Waals surface area contributed by atoms with Gasteiger partial charge in [-0.15, -0.1) is 0 Å². The summed E-state index contributed by atoms with van der Waals surface area (Å²) in [5, 5.41) is 3.59. The van der Waals surface area contributed by atoms with Crippen LogP contribution in [0.2, 0.25) is 0 Å². The van der Waals surface area contributed by atoms with E-state index in [0.717, 1.165) is 5.69 Å². The van der Waals surface area contributed by atoms with E-state index in [2.05, 4.69) is 37.2 Å². The molecule has 58 valence electrons. The third-order valence-electron chi connectivity index (χ3n) is 1.43. The Morgan fingerprint density at radius 2 is 1.73 bits per heavy atom. The van der Waals surface area contributed by atoms with Gasteiger partial charge in [0.25, 0.3) is 0 Å². The lowest BCUT2D eigenvalue weighted by atomic mass is 10.1. The van der Waals surface area contributed by atoms with E-state index >= 15 is 0 Å². The SMILES string of the molecule is C=NNc1cc(C)cc(C)c1. The quantitative estimate of drug-likeness (QED) is 0.505. The number of nitrogens with one attached hydrogen (secondary N) is 1. The average molecular weight is 148 g/mol. The summed E-state index contributed by atoms with van der Waals surface area (Å²) in [5.74, 6) is 0. The van der Waals surface area contributed by atoms with Crippen molar-refractivity contribution < 1.29 is 0 Å². The molecule has 0 aliphatic heterocycles. The minimum Gasteiger partial charge on any atom is -0.279 e. The van der Waals surface area contributed by atoms with Crippen molar-refractivity contribution in [1.82, 2.24) is 0 Å². The van der Waals surface area contributed by atoms with Crippen LogP contribution in [0, 0.1) is 13.8 Å². The fourth-order valence-corrected chi connectivity index (χ4v) is 1.13. The fourth-order valence-electron chi connectivity index (χ4n) is 1.13. The van der Waals surface area contributed by atoms with E-state index in [1.165, 1.54) is 11.1 Å². The molecule has 1 aromatic carbocycles. The second-order valence-electron chi connectivity index (χ2n) is 2.65. The molecule has 0 fully saturated rings. The molecule has 1 rings (SSSR count). The molecular weight excluding hydrogens is 136 g/mol. The van der Waals surface area contributed by atoms with Gasteiger partial charge in [0.15, 0.2) is 0 Å². The molecule has 0 saturated carbocycles. The predicted molar refractivity (Wildman–Crippen MR) is 49.1 cm³/mol. The third-order valence-corrected chi connectivity index (χ3v) is 1.43. The zero-order valence-electron chi connectivity index (χ0n) is 6.89. The standard InChI is InChI=1S/C9H12N2/c1-7-4-8(2)6-9(5-7)11-10-3/h4-6,11H,3H2,1-2H3. The van der Waals surface area contributed by atoms with Crippen molar-refractivity contribution in [2.75, 3.05) is 5.43 Å². The van der Waals surface area contributed by atoms with E-state index in [4.69, 9.17) is 0 Å². The van der Waals surface area contributed by atoms with Gasteiger partial charge in [0.2, 0.25) is 0 Å². The van der Waals surface area contributed by atoms with E-state index in [1.54, 1.807) is 0 Å². The maximum atomic E-state index is 3.59. The molecule has 0 bridgehead atoms. The van der Waals surface area contributed by atoms with Gasteiger partial charge in [-0.3, -0.25) is 5.43 Å². The monoisotopic (exact) mass is 148 g/mol. The third kappa shape index (κ3) is 2.08. The highest BCUT2D eigenvalue weighted by molar-refractivity contribution is 5.48. The van der Waals surface area contributed by atoms with Crippen LogP contribution in [0.3, 0.4) is 0 Å². The van der Waals surface area contributed by atoms with E-state index in [1.807, 2.05) is 12.1 Å². The van der Waals surface area contributed by atoms with Crippen molar-refractivity contribution in [3.63, 3.8) is 0 Å². The van der Waals surface area contributed by atoms with Gasteiger partial charge in [-0.2, -0.15) is 5.10 Å². The van der Waals surface area contributed by atoms with Crippen molar-refractivity contribution >= 4 is 12.4 Å². The molecule has 0 radical (unpaired) electrons. The first-order valence-electron chi connectivity index (χ1n) is 3.52. The van der Waals surface area contributed by atoms with Crippen molar-refractivity contribution in [2.24, 2.45) is 5.10 Å². The summed E-state index contributed by atoms with van der Waals surface area (Å²) in [4.78, 5) is 0. The number of aryl methyl sites for hydroxylation is 2. The lowest BCUT2D eigenvalue weighted by Crippen LogP contribution is -1.88. The Kier molecular flexibility index (Phi) is 2.26. The zero-order chi connectivity index (χ0) is 8.27. The topological polar surface area (TPSA) is 24.4 Å². The molecule has 11 heavy (non-hydrogen) atoms. The van der Waals surface area contributed by atoms with Crippen LogP contribution < -0.4 is 5.43 Å². The second kappa shape index (κ2) is 3.19.